The Morgan fingerprint density at radius 2 is 1.94 bits per heavy atom. The predicted octanol–water partition coefficient (Wildman–Crippen LogP) is 2.88. The van der Waals surface area contributed by atoms with Crippen molar-refractivity contribution in [3.8, 4) is 5.75 Å². The van der Waals surface area contributed by atoms with E-state index in [1.807, 2.05) is 26.0 Å². The Hall–Kier alpha value is -0.670. The van der Waals surface area contributed by atoms with Crippen molar-refractivity contribution < 1.29 is 4.74 Å². The van der Waals surface area contributed by atoms with Gasteiger partial charge in [-0.1, -0.05) is 12.1 Å². The molecule has 1 aromatic carbocycles. The third kappa shape index (κ3) is 5.42. The number of hydrogen-bond donors (Lipinski definition) is 2. The van der Waals surface area contributed by atoms with Gasteiger partial charge in [0.2, 0.25) is 0 Å². The lowest BCUT2D eigenvalue weighted by Crippen LogP contribution is -2.15. The summed E-state index contributed by atoms with van der Waals surface area (Å²) in [4.78, 5) is 0. The average molecular weight is 239 g/mol. The maximum Gasteiger partial charge on any atom is 0.119 e. The Labute approximate surface area is 104 Å². The molecule has 90 valence electrons. The van der Waals surface area contributed by atoms with Gasteiger partial charge < -0.3 is 10.1 Å². The van der Waals surface area contributed by atoms with Gasteiger partial charge in [0.1, 0.15) is 5.75 Å². The number of ether oxygens (including phenoxy) is 1. The van der Waals surface area contributed by atoms with E-state index >= 15 is 0 Å². The van der Waals surface area contributed by atoms with E-state index in [-0.39, 0.29) is 6.10 Å². The van der Waals surface area contributed by atoms with Gasteiger partial charge in [-0.3, -0.25) is 0 Å². The van der Waals surface area contributed by atoms with Crippen LogP contribution in [0.25, 0.3) is 0 Å². The lowest BCUT2D eigenvalue weighted by molar-refractivity contribution is 0.242. The molecule has 1 rings (SSSR count). The molecular weight excluding hydrogens is 218 g/mol. The zero-order valence-corrected chi connectivity index (χ0v) is 11.0. The molecule has 2 nitrogen and oxygen atoms in total. The predicted molar refractivity (Wildman–Crippen MR) is 72.4 cm³/mol. The van der Waals surface area contributed by atoms with Crippen LogP contribution in [-0.2, 0) is 6.54 Å². The Bertz CT molecular complexity index is 284. The first-order valence-corrected chi connectivity index (χ1v) is 6.43. The molecule has 0 aliphatic carbocycles. The van der Waals surface area contributed by atoms with E-state index in [0.29, 0.717) is 0 Å². The van der Waals surface area contributed by atoms with Crippen LogP contribution in [0.5, 0.6) is 5.75 Å². The highest BCUT2D eigenvalue weighted by Gasteiger charge is 1.97. The number of thiol groups is 1. The number of hydrogen-bond acceptors (Lipinski definition) is 3. The summed E-state index contributed by atoms with van der Waals surface area (Å²) in [5.41, 5.74) is 1.29. The minimum Gasteiger partial charge on any atom is -0.491 e. The first kappa shape index (κ1) is 13.4. The van der Waals surface area contributed by atoms with Crippen LogP contribution >= 0.6 is 12.6 Å². The smallest absolute Gasteiger partial charge is 0.119 e. The zero-order valence-electron chi connectivity index (χ0n) is 10.1. The molecule has 0 amide bonds. The molecule has 0 heterocycles. The Kier molecular flexibility index (Phi) is 6.34. The van der Waals surface area contributed by atoms with Crippen molar-refractivity contribution in [2.24, 2.45) is 0 Å². The minimum absolute atomic E-state index is 0.236. The van der Waals surface area contributed by atoms with Gasteiger partial charge >= 0.3 is 0 Å². The molecule has 0 unspecified atom stereocenters. The number of benzene rings is 1. The van der Waals surface area contributed by atoms with Gasteiger partial charge in [0.05, 0.1) is 6.10 Å². The van der Waals surface area contributed by atoms with E-state index in [0.717, 1.165) is 31.0 Å². The summed E-state index contributed by atoms with van der Waals surface area (Å²) in [6.07, 6.45) is 1.34. The van der Waals surface area contributed by atoms with Crippen LogP contribution in [0.1, 0.15) is 25.8 Å². The second-order valence-corrected chi connectivity index (χ2v) is 4.51. The molecule has 0 radical (unpaired) electrons. The lowest BCUT2D eigenvalue weighted by Gasteiger charge is -2.10. The third-order valence-corrected chi connectivity index (χ3v) is 2.45. The van der Waals surface area contributed by atoms with Crippen molar-refractivity contribution in [2.75, 3.05) is 12.3 Å². The van der Waals surface area contributed by atoms with Crippen LogP contribution in [-0.4, -0.2) is 18.4 Å². The van der Waals surface area contributed by atoms with Gasteiger partial charge in [-0.05, 0) is 50.3 Å². The molecular formula is C13H21NOS. The Morgan fingerprint density at radius 1 is 1.25 bits per heavy atom. The van der Waals surface area contributed by atoms with Crippen LogP contribution < -0.4 is 10.1 Å². The van der Waals surface area contributed by atoms with Crippen LogP contribution in [0.4, 0.5) is 0 Å². The van der Waals surface area contributed by atoms with Gasteiger partial charge in [-0.25, -0.2) is 0 Å². The van der Waals surface area contributed by atoms with Gasteiger partial charge in [0.25, 0.3) is 0 Å². The van der Waals surface area contributed by atoms with E-state index < -0.39 is 0 Å². The van der Waals surface area contributed by atoms with Gasteiger partial charge in [0, 0.05) is 6.54 Å². The normalized spacial score (nSPS) is 10.8. The van der Waals surface area contributed by atoms with E-state index in [1.54, 1.807) is 0 Å². The highest BCUT2D eigenvalue weighted by Crippen LogP contribution is 2.13. The summed E-state index contributed by atoms with van der Waals surface area (Å²) in [5, 5.41) is 3.37. The molecule has 0 atom stereocenters. The molecule has 0 bridgehead atoms. The summed E-state index contributed by atoms with van der Waals surface area (Å²) in [5.74, 6) is 1.88. The third-order valence-electron chi connectivity index (χ3n) is 2.14. The highest BCUT2D eigenvalue weighted by atomic mass is 32.1. The first-order valence-electron chi connectivity index (χ1n) is 5.79. The Morgan fingerprint density at radius 3 is 2.50 bits per heavy atom. The van der Waals surface area contributed by atoms with Crippen LogP contribution in [0.2, 0.25) is 0 Å². The largest absolute Gasteiger partial charge is 0.491 e. The van der Waals surface area contributed by atoms with E-state index in [1.165, 1.54) is 5.56 Å². The molecule has 0 saturated carbocycles. The summed E-state index contributed by atoms with van der Waals surface area (Å²) in [7, 11) is 0. The highest BCUT2D eigenvalue weighted by molar-refractivity contribution is 7.80. The fourth-order valence-electron chi connectivity index (χ4n) is 1.39. The van der Waals surface area contributed by atoms with Crippen molar-refractivity contribution in [3.05, 3.63) is 29.8 Å². The quantitative estimate of drug-likeness (QED) is 0.564. The molecule has 0 saturated heterocycles. The van der Waals surface area contributed by atoms with Gasteiger partial charge in [-0.2, -0.15) is 12.6 Å². The summed E-state index contributed by atoms with van der Waals surface area (Å²) >= 11 is 4.17. The average Bonchev–Trinajstić information content (AvgIpc) is 2.26. The first-order chi connectivity index (χ1) is 7.72. The number of nitrogens with one attached hydrogen (secondary N) is 1. The standard InChI is InChI=1S/C13H21NOS/c1-11(2)15-13-6-4-12(5-7-13)10-14-8-3-9-16/h4-7,11,14,16H,3,8-10H2,1-2H3. The van der Waals surface area contributed by atoms with E-state index in [4.69, 9.17) is 4.74 Å². The topological polar surface area (TPSA) is 21.3 Å². The molecule has 0 aromatic heterocycles. The molecule has 0 aliphatic heterocycles. The monoisotopic (exact) mass is 239 g/mol. The molecule has 16 heavy (non-hydrogen) atoms. The number of rotatable bonds is 7. The molecule has 1 aromatic rings. The van der Waals surface area contributed by atoms with Gasteiger partial charge in [0.15, 0.2) is 0 Å². The lowest BCUT2D eigenvalue weighted by atomic mass is 10.2. The molecule has 0 spiro atoms. The second kappa shape index (κ2) is 7.58. The van der Waals surface area contributed by atoms with Crippen molar-refractivity contribution in [2.45, 2.75) is 32.9 Å². The fourth-order valence-corrected chi connectivity index (χ4v) is 1.55. The van der Waals surface area contributed by atoms with Crippen molar-refractivity contribution in [1.82, 2.24) is 5.32 Å². The van der Waals surface area contributed by atoms with Crippen LogP contribution in [0.3, 0.4) is 0 Å². The maximum atomic E-state index is 5.58. The minimum atomic E-state index is 0.236. The Balaban J connectivity index is 2.33. The maximum absolute atomic E-state index is 5.58. The molecule has 1 N–H and O–H groups in total. The zero-order chi connectivity index (χ0) is 11.8. The summed E-state index contributed by atoms with van der Waals surface area (Å²) in [6.45, 7) is 6.00. The van der Waals surface area contributed by atoms with Crippen LogP contribution in [0, 0.1) is 0 Å². The second-order valence-electron chi connectivity index (χ2n) is 4.06. The summed E-state index contributed by atoms with van der Waals surface area (Å²) in [6, 6.07) is 8.25. The van der Waals surface area contributed by atoms with Crippen molar-refractivity contribution >= 4 is 12.6 Å². The van der Waals surface area contributed by atoms with Crippen molar-refractivity contribution in [1.29, 1.82) is 0 Å². The molecule has 0 fully saturated rings. The fraction of sp³-hybridized carbons (Fsp3) is 0.538. The van der Waals surface area contributed by atoms with Crippen molar-refractivity contribution in [3.63, 3.8) is 0 Å². The SMILES string of the molecule is CC(C)Oc1ccc(CNCCCS)cc1. The molecule has 3 heteroatoms. The van der Waals surface area contributed by atoms with E-state index in [2.05, 4.69) is 30.1 Å². The van der Waals surface area contributed by atoms with E-state index in [9.17, 15) is 0 Å². The summed E-state index contributed by atoms with van der Waals surface area (Å²) < 4.78 is 5.58. The van der Waals surface area contributed by atoms with Crippen LogP contribution in [0.15, 0.2) is 24.3 Å². The van der Waals surface area contributed by atoms with Gasteiger partial charge in [-0.15, -0.1) is 0 Å². The molecule has 0 aliphatic rings.